The summed E-state index contributed by atoms with van der Waals surface area (Å²) in [5, 5.41) is 8.15. The van der Waals surface area contributed by atoms with Gasteiger partial charge in [0.25, 0.3) is 5.78 Å². The second-order valence-electron chi connectivity index (χ2n) is 7.05. The van der Waals surface area contributed by atoms with Crippen LogP contribution in [0.4, 0.5) is 5.69 Å². The lowest BCUT2D eigenvalue weighted by Gasteiger charge is -2.12. The lowest BCUT2D eigenvalue weighted by molar-refractivity contribution is -0.116. The number of amides is 1. The van der Waals surface area contributed by atoms with E-state index >= 15 is 0 Å². The SMILES string of the molecule is CCC(C)c1ccc(NC(=O)CCc2c(C)nc3nc(SC)nn3c2C)cc1. The van der Waals surface area contributed by atoms with E-state index < -0.39 is 0 Å². The van der Waals surface area contributed by atoms with Crippen molar-refractivity contribution in [3.8, 4) is 0 Å². The fourth-order valence-electron chi connectivity index (χ4n) is 3.23. The molecule has 7 heteroatoms. The van der Waals surface area contributed by atoms with Crippen LogP contribution in [0.3, 0.4) is 0 Å². The minimum atomic E-state index is -0.00131. The molecule has 6 nitrogen and oxygen atoms in total. The molecular weight excluding hydrogens is 370 g/mol. The van der Waals surface area contributed by atoms with Gasteiger partial charge in [-0.2, -0.15) is 4.98 Å². The maximum absolute atomic E-state index is 12.4. The molecule has 0 saturated heterocycles. The summed E-state index contributed by atoms with van der Waals surface area (Å²) in [5.41, 5.74) is 5.06. The normalized spacial score (nSPS) is 12.3. The molecule has 1 amide bonds. The number of fused-ring (bicyclic) bond motifs is 1. The Labute approximate surface area is 170 Å². The average molecular weight is 398 g/mol. The molecule has 1 N–H and O–H groups in total. The number of nitrogens with zero attached hydrogens (tertiary/aromatic N) is 4. The summed E-state index contributed by atoms with van der Waals surface area (Å²) in [5.74, 6) is 1.13. The summed E-state index contributed by atoms with van der Waals surface area (Å²) in [6.45, 7) is 8.35. The predicted molar refractivity (Wildman–Crippen MR) is 114 cm³/mol. The Balaban J connectivity index is 1.67. The molecule has 2 aromatic heterocycles. The van der Waals surface area contributed by atoms with Crippen molar-refractivity contribution in [2.24, 2.45) is 0 Å². The van der Waals surface area contributed by atoms with Crippen molar-refractivity contribution in [1.82, 2.24) is 19.6 Å². The van der Waals surface area contributed by atoms with Crippen LogP contribution in [0.1, 0.15) is 55.1 Å². The van der Waals surface area contributed by atoms with Crippen LogP contribution in [0.15, 0.2) is 29.4 Å². The quantitative estimate of drug-likeness (QED) is 0.592. The van der Waals surface area contributed by atoms with Crippen LogP contribution in [0.2, 0.25) is 0 Å². The topological polar surface area (TPSA) is 72.2 Å². The predicted octanol–water partition coefficient (Wildman–Crippen LogP) is 4.55. The van der Waals surface area contributed by atoms with Crippen molar-refractivity contribution >= 4 is 29.1 Å². The Kier molecular flexibility index (Phi) is 6.34. The summed E-state index contributed by atoms with van der Waals surface area (Å²) in [6.07, 6.45) is 4.06. The second kappa shape index (κ2) is 8.73. The van der Waals surface area contributed by atoms with Crippen molar-refractivity contribution in [3.05, 3.63) is 46.8 Å². The molecule has 0 saturated carbocycles. The standard InChI is InChI=1S/C21H27N5OS/c1-6-13(2)16-7-9-17(10-8-16)23-19(27)12-11-18-14(3)22-20-24-21(28-5)25-26(20)15(18)4/h7-10,13H,6,11-12H2,1-5H3,(H,23,27). The summed E-state index contributed by atoms with van der Waals surface area (Å²) >= 11 is 1.49. The largest absolute Gasteiger partial charge is 0.326 e. The van der Waals surface area contributed by atoms with E-state index in [9.17, 15) is 4.79 Å². The monoisotopic (exact) mass is 397 g/mol. The first-order chi connectivity index (χ1) is 13.4. The minimum Gasteiger partial charge on any atom is -0.326 e. The Morgan fingerprint density at radius 3 is 2.57 bits per heavy atom. The number of carbonyl (C=O) groups is 1. The third-order valence-corrected chi connectivity index (χ3v) is 5.73. The van der Waals surface area contributed by atoms with Gasteiger partial charge in [-0.15, -0.1) is 5.10 Å². The lowest BCUT2D eigenvalue weighted by Crippen LogP contribution is -2.14. The van der Waals surface area contributed by atoms with Crippen molar-refractivity contribution in [3.63, 3.8) is 0 Å². The zero-order valence-electron chi connectivity index (χ0n) is 17.1. The first kappa shape index (κ1) is 20.3. The van der Waals surface area contributed by atoms with Crippen LogP contribution in [0.5, 0.6) is 0 Å². The minimum absolute atomic E-state index is 0.00131. The third-order valence-electron chi connectivity index (χ3n) is 5.19. The van der Waals surface area contributed by atoms with Crippen molar-refractivity contribution in [2.75, 3.05) is 11.6 Å². The Morgan fingerprint density at radius 1 is 1.21 bits per heavy atom. The third kappa shape index (κ3) is 4.35. The van der Waals surface area contributed by atoms with Gasteiger partial charge in [-0.3, -0.25) is 4.79 Å². The molecule has 1 atom stereocenters. The van der Waals surface area contributed by atoms with Gasteiger partial charge in [0.1, 0.15) is 0 Å². The molecule has 148 valence electrons. The van der Waals surface area contributed by atoms with Crippen LogP contribution in [-0.4, -0.2) is 31.7 Å². The molecule has 28 heavy (non-hydrogen) atoms. The fraction of sp³-hybridized carbons (Fsp3) is 0.429. The average Bonchev–Trinajstić information content (AvgIpc) is 3.11. The zero-order chi connectivity index (χ0) is 20.3. The smallest absolute Gasteiger partial charge is 0.253 e. The molecule has 0 aliphatic carbocycles. The summed E-state index contributed by atoms with van der Waals surface area (Å²) in [4.78, 5) is 21.4. The van der Waals surface area contributed by atoms with Gasteiger partial charge in [0.05, 0.1) is 0 Å². The molecule has 0 bridgehead atoms. The molecule has 0 radical (unpaired) electrons. The maximum Gasteiger partial charge on any atom is 0.253 e. The highest BCUT2D eigenvalue weighted by Crippen LogP contribution is 2.21. The highest BCUT2D eigenvalue weighted by Gasteiger charge is 2.14. The number of aryl methyl sites for hydroxylation is 2. The molecule has 0 aliphatic heterocycles. The first-order valence-electron chi connectivity index (χ1n) is 9.59. The molecular formula is C21H27N5OS. The van der Waals surface area contributed by atoms with E-state index in [4.69, 9.17) is 0 Å². The number of thioether (sulfide) groups is 1. The maximum atomic E-state index is 12.4. The van der Waals surface area contributed by atoms with Crippen LogP contribution in [-0.2, 0) is 11.2 Å². The van der Waals surface area contributed by atoms with Gasteiger partial charge in [-0.1, -0.05) is 37.7 Å². The van der Waals surface area contributed by atoms with Gasteiger partial charge in [0.15, 0.2) is 0 Å². The van der Waals surface area contributed by atoms with E-state index in [0.717, 1.165) is 29.1 Å². The lowest BCUT2D eigenvalue weighted by atomic mass is 9.98. The molecule has 0 spiro atoms. The van der Waals surface area contributed by atoms with Crippen LogP contribution >= 0.6 is 11.8 Å². The Bertz CT molecular complexity index is 981. The van der Waals surface area contributed by atoms with Gasteiger partial charge in [-0.05, 0) is 62.1 Å². The van der Waals surface area contributed by atoms with Gasteiger partial charge in [0, 0.05) is 23.5 Å². The first-order valence-corrected chi connectivity index (χ1v) is 10.8. The van der Waals surface area contributed by atoms with Gasteiger partial charge < -0.3 is 5.32 Å². The van der Waals surface area contributed by atoms with Crippen LogP contribution < -0.4 is 5.32 Å². The van der Waals surface area contributed by atoms with Crippen LogP contribution in [0, 0.1) is 13.8 Å². The molecule has 1 aromatic carbocycles. The molecule has 1 unspecified atom stereocenters. The summed E-state index contributed by atoms with van der Waals surface area (Å²) < 4.78 is 1.76. The highest BCUT2D eigenvalue weighted by atomic mass is 32.2. The number of hydrogen-bond donors (Lipinski definition) is 1. The van der Waals surface area contributed by atoms with Crippen molar-refractivity contribution in [2.45, 2.75) is 58.0 Å². The number of benzene rings is 1. The summed E-state index contributed by atoms with van der Waals surface area (Å²) in [6, 6.07) is 8.12. The van der Waals surface area contributed by atoms with Crippen LogP contribution in [0.25, 0.3) is 5.78 Å². The number of carbonyl (C=O) groups excluding carboxylic acids is 1. The van der Waals surface area contributed by atoms with E-state index in [1.54, 1.807) is 4.52 Å². The van der Waals surface area contributed by atoms with Gasteiger partial charge >= 0.3 is 0 Å². The summed E-state index contributed by atoms with van der Waals surface area (Å²) in [7, 11) is 0. The number of hydrogen-bond acceptors (Lipinski definition) is 5. The van der Waals surface area contributed by atoms with E-state index in [0.29, 0.717) is 29.7 Å². The molecule has 3 rings (SSSR count). The molecule has 3 aromatic rings. The number of rotatable bonds is 7. The van der Waals surface area contributed by atoms with Gasteiger partial charge in [0.2, 0.25) is 11.1 Å². The van der Waals surface area contributed by atoms with Gasteiger partial charge in [-0.25, -0.2) is 9.50 Å². The second-order valence-corrected chi connectivity index (χ2v) is 7.82. The van der Waals surface area contributed by atoms with E-state index in [-0.39, 0.29) is 5.91 Å². The van der Waals surface area contributed by atoms with E-state index in [2.05, 4.69) is 46.4 Å². The molecule has 2 heterocycles. The number of aromatic nitrogens is 4. The molecule has 0 fully saturated rings. The Hall–Kier alpha value is -2.41. The Morgan fingerprint density at radius 2 is 1.93 bits per heavy atom. The van der Waals surface area contributed by atoms with Crippen molar-refractivity contribution < 1.29 is 4.79 Å². The highest BCUT2D eigenvalue weighted by molar-refractivity contribution is 7.98. The number of nitrogens with one attached hydrogen (secondary N) is 1. The molecule has 0 aliphatic rings. The zero-order valence-corrected chi connectivity index (χ0v) is 17.9. The van der Waals surface area contributed by atoms with E-state index in [1.807, 2.05) is 32.2 Å². The number of anilines is 1. The fourth-order valence-corrected chi connectivity index (χ4v) is 3.57. The van der Waals surface area contributed by atoms with E-state index in [1.165, 1.54) is 17.3 Å². The van der Waals surface area contributed by atoms with Crippen molar-refractivity contribution in [1.29, 1.82) is 0 Å².